The highest BCUT2D eigenvalue weighted by molar-refractivity contribution is 6.10. The molecule has 1 aliphatic rings. The molecular weight excluding hydrogens is 288 g/mol. The van der Waals surface area contributed by atoms with Crippen LogP contribution in [0.25, 0.3) is 10.9 Å². The maximum absolute atomic E-state index is 13.0. The number of fused-ring (bicyclic) bond motifs is 3. The van der Waals surface area contributed by atoms with Gasteiger partial charge in [0, 0.05) is 18.9 Å². The lowest BCUT2D eigenvalue weighted by Gasteiger charge is -2.32. The van der Waals surface area contributed by atoms with Crippen molar-refractivity contribution < 1.29 is 9.59 Å². The molecule has 0 saturated heterocycles. The summed E-state index contributed by atoms with van der Waals surface area (Å²) < 4.78 is 1.57. The smallest absolute Gasteiger partial charge is 0.271 e. The molecular formula is C19H16N2O2. The normalized spacial score (nSPS) is 17.6. The molecule has 0 aliphatic carbocycles. The Kier molecular flexibility index (Phi) is 3.05. The van der Waals surface area contributed by atoms with Gasteiger partial charge in [-0.15, -0.1) is 0 Å². The standard InChI is InChI=1S/C19H16N2O2/c1-20-16(11-13-7-3-2-4-8-13)19(23)21-15-10-6-5-9-14(15)12-17(21)18(20)22/h2-10,12,16H,11H2,1H3. The molecule has 3 aromatic rings. The van der Waals surface area contributed by atoms with Crippen LogP contribution in [0.5, 0.6) is 0 Å². The summed E-state index contributed by atoms with van der Waals surface area (Å²) in [6.45, 7) is 0. The molecule has 1 atom stereocenters. The molecule has 4 rings (SSSR count). The molecule has 23 heavy (non-hydrogen) atoms. The van der Waals surface area contributed by atoms with E-state index in [1.807, 2.05) is 54.6 Å². The maximum Gasteiger partial charge on any atom is 0.271 e. The van der Waals surface area contributed by atoms with E-state index in [9.17, 15) is 9.59 Å². The SMILES string of the molecule is CN1C(=O)c2cc3ccccc3n2C(=O)C1Cc1ccccc1. The number of rotatable bonds is 2. The number of carbonyl (C=O) groups excluding carboxylic acids is 2. The quantitative estimate of drug-likeness (QED) is 0.730. The third kappa shape index (κ3) is 2.06. The first-order valence-corrected chi connectivity index (χ1v) is 7.62. The predicted molar refractivity (Wildman–Crippen MR) is 88.6 cm³/mol. The number of para-hydroxylation sites is 1. The molecule has 0 radical (unpaired) electrons. The minimum absolute atomic E-state index is 0.0489. The van der Waals surface area contributed by atoms with Crippen molar-refractivity contribution in [2.24, 2.45) is 0 Å². The minimum Gasteiger partial charge on any atom is -0.328 e. The highest BCUT2D eigenvalue weighted by Gasteiger charge is 2.37. The fourth-order valence-corrected chi connectivity index (χ4v) is 3.25. The molecule has 0 N–H and O–H groups in total. The molecule has 1 aliphatic heterocycles. The van der Waals surface area contributed by atoms with E-state index in [0.29, 0.717) is 12.1 Å². The van der Waals surface area contributed by atoms with Gasteiger partial charge in [-0.1, -0.05) is 48.5 Å². The van der Waals surface area contributed by atoms with Crippen molar-refractivity contribution in [2.75, 3.05) is 7.05 Å². The van der Waals surface area contributed by atoms with Crippen molar-refractivity contribution in [2.45, 2.75) is 12.5 Å². The summed E-state index contributed by atoms with van der Waals surface area (Å²) in [7, 11) is 1.70. The Bertz CT molecular complexity index is 912. The van der Waals surface area contributed by atoms with Gasteiger partial charge >= 0.3 is 0 Å². The van der Waals surface area contributed by atoms with E-state index >= 15 is 0 Å². The van der Waals surface area contributed by atoms with Crippen molar-refractivity contribution >= 4 is 22.7 Å². The predicted octanol–water partition coefficient (Wildman–Crippen LogP) is 2.98. The number of likely N-dealkylation sites (N-methyl/N-ethyl adjacent to an activating group) is 1. The summed E-state index contributed by atoms with van der Waals surface area (Å²) >= 11 is 0. The first kappa shape index (κ1) is 13.8. The number of amides is 1. The van der Waals surface area contributed by atoms with Gasteiger partial charge in [-0.2, -0.15) is 0 Å². The Labute approximate surface area is 133 Å². The maximum atomic E-state index is 13.0. The lowest BCUT2D eigenvalue weighted by atomic mass is 10.0. The second-order valence-corrected chi connectivity index (χ2v) is 5.88. The highest BCUT2D eigenvalue weighted by Crippen LogP contribution is 2.27. The molecule has 0 saturated carbocycles. The van der Waals surface area contributed by atoms with E-state index in [0.717, 1.165) is 16.5 Å². The van der Waals surface area contributed by atoms with Crippen LogP contribution in [-0.4, -0.2) is 34.4 Å². The van der Waals surface area contributed by atoms with Gasteiger partial charge in [-0.3, -0.25) is 14.2 Å². The Morgan fingerprint density at radius 1 is 0.957 bits per heavy atom. The average molecular weight is 304 g/mol. The number of carbonyl (C=O) groups is 2. The molecule has 2 heterocycles. The third-order valence-corrected chi connectivity index (χ3v) is 4.50. The number of nitrogens with zero attached hydrogens (tertiary/aromatic N) is 2. The second kappa shape index (κ2) is 5.09. The van der Waals surface area contributed by atoms with Crippen molar-refractivity contribution in [3.63, 3.8) is 0 Å². The van der Waals surface area contributed by atoms with Crippen LogP contribution in [0.2, 0.25) is 0 Å². The lowest BCUT2D eigenvalue weighted by Crippen LogP contribution is -2.51. The van der Waals surface area contributed by atoms with Crippen LogP contribution in [-0.2, 0) is 6.42 Å². The van der Waals surface area contributed by atoms with E-state index in [-0.39, 0.29) is 11.8 Å². The van der Waals surface area contributed by atoms with Crippen LogP contribution < -0.4 is 0 Å². The number of benzene rings is 2. The summed E-state index contributed by atoms with van der Waals surface area (Å²) in [5, 5.41) is 0.915. The number of aromatic nitrogens is 1. The fraction of sp³-hybridized carbons (Fsp3) is 0.158. The van der Waals surface area contributed by atoms with E-state index in [1.54, 1.807) is 22.6 Å². The van der Waals surface area contributed by atoms with Gasteiger partial charge in [-0.05, 0) is 17.7 Å². The van der Waals surface area contributed by atoms with Gasteiger partial charge in [-0.25, -0.2) is 0 Å². The van der Waals surface area contributed by atoms with Crippen molar-refractivity contribution in [3.8, 4) is 0 Å². The average Bonchev–Trinajstić information content (AvgIpc) is 2.97. The Balaban J connectivity index is 1.82. The van der Waals surface area contributed by atoms with Crippen LogP contribution in [0.3, 0.4) is 0 Å². The Morgan fingerprint density at radius 2 is 1.65 bits per heavy atom. The molecule has 4 heteroatoms. The van der Waals surface area contributed by atoms with Gasteiger partial charge < -0.3 is 4.90 Å². The molecule has 0 spiro atoms. The first-order chi connectivity index (χ1) is 11.2. The lowest BCUT2D eigenvalue weighted by molar-refractivity contribution is 0.0557. The number of hydrogen-bond acceptors (Lipinski definition) is 2. The molecule has 1 aromatic heterocycles. The number of hydrogen-bond donors (Lipinski definition) is 0. The van der Waals surface area contributed by atoms with Gasteiger partial charge in [0.15, 0.2) is 0 Å². The van der Waals surface area contributed by atoms with E-state index in [2.05, 4.69) is 0 Å². The molecule has 4 nitrogen and oxygen atoms in total. The first-order valence-electron chi connectivity index (χ1n) is 7.62. The minimum atomic E-state index is -0.479. The second-order valence-electron chi connectivity index (χ2n) is 5.88. The molecule has 0 bridgehead atoms. The van der Waals surface area contributed by atoms with E-state index in [1.165, 1.54) is 0 Å². The summed E-state index contributed by atoms with van der Waals surface area (Å²) in [5.41, 5.74) is 2.29. The summed E-state index contributed by atoms with van der Waals surface area (Å²) in [5.74, 6) is -0.158. The monoisotopic (exact) mass is 304 g/mol. The van der Waals surface area contributed by atoms with Gasteiger partial charge in [0.2, 0.25) is 0 Å². The molecule has 0 fully saturated rings. The van der Waals surface area contributed by atoms with Gasteiger partial charge in [0.25, 0.3) is 11.8 Å². The Hall–Kier alpha value is -2.88. The van der Waals surface area contributed by atoms with Gasteiger partial charge in [0.1, 0.15) is 11.7 Å². The molecule has 1 amide bonds. The summed E-state index contributed by atoms with van der Waals surface area (Å²) in [4.78, 5) is 27.3. The Morgan fingerprint density at radius 3 is 2.43 bits per heavy atom. The molecule has 114 valence electrons. The van der Waals surface area contributed by atoms with Crippen molar-refractivity contribution in [1.82, 2.24) is 9.47 Å². The van der Waals surface area contributed by atoms with Crippen LogP contribution >= 0.6 is 0 Å². The van der Waals surface area contributed by atoms with Gasteiger partial charge in [0.05, 0.1) is 5.52 Å². The zero-order valence-electron chi connectivity index (χ0n) is 12.8. The molecule has 2 aromatic carbocycles. The fourth-order valence-electron chi connectivity index (χ4n) is 3.25. The van der Waals surface area contributed by atoms with Crippen LogP contribution in [0, 0.1) is 0 Å². The molecule has 1 unspecified atom stereocenters. The highest BCUT2D eigenvalue weighted by atomic mass is 16.2. The summed E-state index contributed by atoms with van der Waals surface area (Å²) in [6, 6.07) is 18.7. The topological polar surface area (TPSA) is 42.3 Å². The van der Waals surface area contributed by atoms with Crippen molar-refractivity contribution in [1.29, 1.82) is 0 Å². The zero-order valence-corrected chi connectivity index (χ0v) is 12.8. The van der Waals surface area contributed by atoms with E-state index < -0.39 is 6.04 Å². The zero-order chi connectivity index (χ0) is 16.0. The largest absolute Gasteiger partial charge is 0.328 e. The van der Waals surface area contributed by atoms with Crippen LogP contribution in [0.4, 0.5) is 0 Å². The third-order valence-electron chi connectivity index (χ3n) is 4.50. The van der Waals surface area contributed by atoms with Crippen LogP contribution in [0.15, 0.2) is 60.7 Å². The van der Waals surface area contributed by atoms with E-state index in [4.69, 9.17) is 0 Å². The van der Waals surface area contributed by atoms with Crippen molar-refractivity contribution in [3.05, 3.63) is 71.9 Å². The summed E-state index contributed by atoms with van der Waals surface area (Å²) in [6.07, 6.45) is 0.522. The van der Waals surface area contributed by atoms with Crippen LogP contribution in [0.1, 0.15) is 20.8 Å².